The molecular weight excluding hydrogens is 378 g/mol. The number of hydrogen-bond donors (Lipinski definition) is 3. The molecule has 1 aromatic heterocycles. The fraction of sp³-hybridized carbons (Fsp3) is 0.478. The zero-order chi connectivity index (χ0) is 21.0. The summed E-state index contributed by atoms with van der Waals surface area (Å²) in [4.78, 5) is 19.1. The average molecular weight is 412 g/mol. The fourth-order valence-electron chi connectivity index (χ4n) is 3.68. The molecule has 2 heterocycles. The lowest BCUT2D eigenvalue weighted by Gasteiger charge is -2.26. The molecule has 162 valence electrons. The smallest absolute Gasteiger partial charge is 0.241 e. The lowest BCUT2D eigenvalue weighted by molar-refractivity contribution is -0.119. The van der Waals surface area contributed by atoms with E-state index >= 15 is 0 Å². The number of rotatable bonds is 10. The van der Waals surface area contributed by atoms with Crippen molar-refractivity contribution < 1.29 is 9.21 Å². The van der Waals surface area contributed by atoms with Gasteiger partial charge in [0.15, 0.2) is 5.96 Å². The molecule has 1 amide bonds. The van der Waals surface area contributed by atoms with Crippen LogP contribution in [-0.4, -0.2) is 56.0 Å². The molecule has 0 aliphatic carbocycles. The van der Waals surface area contributed by atoms with Crippen molar-refractivity contribution in [3.05, 3.63) is 60.1 Å². The number of hydrogen-bond acceptors (Lipinski definition) is 4. The van der Waals surface area contributed by atoms with Crippen LogP contribution in [-0.2, 0) is 11.2 Å². The molecule has 1 aliphatic heterocycles. The number of guanidine groups is 1. The largest absolute Gasteiger partial charge is 0.468 e. The van der Waals surface area contributed by atoms with E-state index in [0.29, 0.717) is 19.0 Å². The quantitative estimate of drug-likeness (QED) is 0.413. The van der Waals surface area contributed by atoms with Gasteiger partial charge in [-0.2, -0.15) is 0 Å². The van der Waals surface area contributed by atoms with E-state index in [9.17, 15) is 4.79 Å². The first kappa shape index (κ1) is 21.9. The predicted molar refractivity (Wildman–Crippen MR) is 119 cm³/mol. The Kier molecular flexibility index (Phi) is 8.78. The number of amides is 1. The van der Waals surface area contributed by atoms with E-state index < -0.39 is 0 Å². The second-order valence-corrected chi connectivity index (χ2v) is 7.44. The number of furan rings is 1. The molecule has 0 saturated carbocycles. The lowest BCUT2D eigenvalue weighted by Crippen LogP contribution is -2.43. The maximum Gasteiger partial charge on any atom is 0.241 e. The van der Waals surface area contributed by atoms with Crippen molar-refractivity contribution in [1.82, 2.24) is 20.9 Å². The van der Waals surface area contributed by atoms with Gasteiger partial charge in [0.2, 0.25) is 5.91 Å². The van der Waals surface area contributed by atoms with Crippen LogP contribution >= 0.6 is 0 Å². The van der Waals surface area contributed by atoms with Crippen LogP contribution in [0.25, 0.3) is 0 Å². The highest BCUT2D eigenvalue weighted by molar-refractivity contribution is 5.84. The molecule has 3 N–H and O–H groups in total. The zero-order valence-corrected chi connectivity index (χ0v) is 17.8. The third-order valence-corrected chi connectivity index (χ3v) is 5.22. The first-order valence-electron chi connectivity index (χ1n) is 10.9. The van der Waals surface area contributed by atoms with Crippen molar-refractivity contribution in [2.45, 2.75) is 32.2 Å². The second kappa shape index (κ2) is 12.0. The van der Waals surface area contributed by atoms with Crippen molar-refractivity contribution in [3.8, 4) is 0 Å². The van der Waals surface area contributed by atoms with Crippen molar-refractivity contribution >= 4 is 11.9 Å². The summed E-state index contributed by atoms with van der Waals surface area (Å²) >= 11 is 0. The summed E-state index contributed by atoms with van der Waals surface area (Å²) < 4.78 is 5.67. The molecule has 1 fully saturated rings. The highest BCUT2D eigenvalue weighted by Crippen LogP contribution is 2.24. The van der Waals surface area contributed by atoms with Crippen LogP contribution in [0.5, 0.6) is 0 Å². The third-order valence-electron chi connectivity index (χ3n) is 5.22. The highest BCUT2D eigenvalue weighted by atomic mass is 16.3. The third kappa shape index (κ3) is 6.91. The molecule has 2 aromatic rings. The topological polar surface area (TPSA) is 81.9 Å². The van der Waals surface area contributed by atoms with Gasteiger partial charge in [-0.3, -0.25) is 9.69 Å². The Labute approximate surface area is 178 Å². The van der Waals surface area contributed by atoms with Gasteiger partial charge in [-0.05, 0) is 57.0 Å². The van der Waals surface area contributed by atoms with Crippen LogP contribution in [0.15, 0.2) is 58.1 Å². The number of nitrogens with one attached hydrogen (secondary N) is 3. The Hall–Kier alpha value is -2.80. The van der Waals surface area contributed by atoms with Gasteiger partial charge in [0.05, 0.1) is 12.3 Å². The van der Waals surface area contributed by atoms with Gasteiger partial charge < -0.3 is 20.4 Å². The van der Waals surface area contributed by atoms with Gasteiger partial charge in [0.1, 0.15) is 12.3 Å². The molecule has 1 aromatic carbocycles. The summed E-state index contributed by atoms with van der Waals surface area (Å²) in [7, 11) is 0. The summed E-state index contributed by atoms with van der Waals surface area (Å²) in [6, 6.07) is 14.2. The van der Waals surface area contributed by atoms with E-state index in [0.717, 1.165) is 31.8 Å². The minimum Gasteiger partial charge on any atom is -0.468 e. The Bertz CT molecular complexity index is 770. The fourth-order valence-corrected chi connectivity index (χ4v) is 3.68. The Morgan fingerprint density at radius 1 is 1.10 bits per heavy atom. The van der Waals surface area contributed by atoms with Crippen LogP contribution in [0.4, 0.5) is 0 Å². The monoisotopic (exact) mass is 411 g/mol. The minimum absolute atomic E-state index is 0.0785. The van der Waals surface area contributed by atoms with Gasteiger partial charge in [-0.25, -0.2) is 4.99 Å². The number of likely N-dealkylation sites (tertiary alicyclic amines) is 1. The zero-order valence-electron chi connectivity index (χ0n) is 17.8. The van der Waals surface area contributed by atoms with Gasteiger partial charge in [-0.1, -0.05) is 30.3 Å². The van der Waals surface area contributed by atoms with E-state index in [-0.39, 0.29) is 18.5 Å². The van der Waals surface area contributed by atoms with Crippen LogP contribution < -0.4 is 16.0 Å². The van der Waals surface area contributed by atoms with Gasteiger partial charge in [0, 0.05) is 19.6 Å². The first-order valence-corrected chi connectivity index (χ1v) is 10.9. The number of nitrogens with zero attached hydrogens (tertiary/aromatic N) is 2. The normalized spacial score (nSPS) is 15.7. The van der Waals surface area contributed by atoms with Gasteiger partial charge in [-0.15, -0.1) is 0 Å². The summed E-state index contributed by atoms with van der Waals surface area (Å²) in [6.07, 6.45) is 4.97. The molecule has 0 radical (unpaired) electrons. The number of benzene rings is 1. The summed E-state index contributed by atoms with van der Waals surface area (Å²) in [5.41, 5.74) is 1.21. The van der Waals surface area contributed by atoms with Crippen molar-refractivity contribution in [2.75, 3.05) is 39.3 Å². The molecule has 1 aliphatic rings. The van der Waals surface area contributed by atoms with Crippen molar-refractivity contribution in [3.63, 3.8) is 0 Å². The summed E-state index contributed by atoms with van der Waals surface area (Å²) in [5.74, 6) is 1.52. The molecular formula is C23H33N5O2. The van der Waals surface area contributed by atoms with Crippen molar-refractivity contribution in [1.29, 1.82) is 0 Å². The van der Waals surface area contributed by atoms with E-state index in [1.165, 1.54) is 18.4 Å². The summed E-state index contributed by atoms with van der Waals surface area (Å²) in [6.45, 7) is 6.28. The van der Waals surface area contributed by atoms with E-state index in [2.05, 4.69) is 38.0 Å². The van der Waals surface area contributed by atoms with Gasteiger partial charge in [0.25, 0.3) is 0 Å². The standard InChI is InChI=1S/C23H33N5O2/c1-2-24-23(27-18-22(29)25-13-12-19-9-4-3-5-10-19)26-17-20(21-11-8-16-30-21)28-14-6-7-15-28/h3-5,8-11,16,20H,2,6-7,12-15,17-18H2,1H3,(H,25,29)(H2,24,26,27). The molecule has 7 nitrogen and oxygen atoms in total. The molecule has 1 atom stereocenters. The maximum absolute atomic E-state index is 12.2. The van der Waals surface area contributed by atoms with Crippen LogP contribution in [0.2, 0.25) is 0 Å². The molecule has 7 heteroatoms. The summed E-state index contributed by atoms with van der Waals surface area (Å²) in [5, 5.41) is 9.54. The molecule has 30 heavy (non-hydrogen) atoms. The Morgan fingerprint density at radius 2 is 1.90 bits per heavy atom. The minimum atomic E-state index is -0.0785. The van der Waals surface area contributed by atoms with Crippen LogP contribution in [0, 0.1) is 0 Å². The Morgan fingerprint density at radius 3 is 2.60 bits per heavy atom. The Balaban J connectivity index is 1.48. The van der Waals surface area contributed by atoms with E-state index in [4.69, 9.17) is 4.42 Å². The van der Waals surface area contributed by atoms with Crippen LogP contribution in [0.1, 0.15) is 37.1 Å². The van der Waals surface area contributed by atoms with Gasteiger partial charge >= 0.3 is 0 Å². The van der Waals surface area contributed by atoms with Crippen LogP contribution in [0.3, 0.4) is 0 Å². The highest BCUT2D eigenvalue weighted by Gasteiger charge is 2.25. The van der Waals surface area contributed by atoms with E-state index in [1.807, 2.05) is 37.3 Å². The lowest BCUT2D eigenvalue weighted by atomic mass is 10.1. The second-order valence-electron chi connectivity index (χ2n) is 7.44. The maximum atomic E-state index is 12.2. The first-order chi connectivity index (χ1) is 14.8. The SMILES string of the molecule is CCNC(=NCC(=O)NCCc1ccccc1)NCC(c1ccco1)N1CCCC1. The average Bonchev–Trinajstić information content (AvgIpc) is 3.48. The number of aliphatic imine (C=N–C) groups is 1. The number of carbonyl (C=O) groups is 1. The molecule has 3 rings (SSSR count). The molecule has 0 bridgehead atoms. The van der Waals surface area contributed by atoms with E-state index in [1.54, 1.807) is 6.26 Å². The molecule has 1 unspecified atom stereocenters. The number of carbonyl (C=O) groups excluding carboxylic acids is 1. The van der Waals surface area contributed by atoms with Crippen molar-refractivity contribution in [2.24, 2.45) is 4.99 Å². The molecule has 0 spiro atoms. The predicted octanol–water partition coefficient (Wildman–Crippen LogP) is 2.33. The molecule has 1 saturated heterocycles.